The second-order valence-electron chi connectivity index (χ2n) is 5.60. The van der Waals surface area contributed by atoms with E-state index in [1.54, 1.807) is 0 Å². The number of hydrogen-bond acceptors (Lipinski definition) is 3. The van der Waals surface area contributed by atoms with Crippen molar-refractivity contribution in [2.75, 3.05) is 26.3 Å². The predicted octanol–water partition coefficient (Wildman–Crippen LogP) is 2.41. The number of nitrogens with two attached hydrogens (primary N) is 1. The maximum absolute atomic E-state index is 6.43. The minimum atomic E-state index is 0.0899. The van der Waals surface area contributed by atoms with Crippen LogP contribution in [0.1, 0.15) is 36.1 Å². The standard InChI is InChI=1S/C16H26N2O/c1-4-14-11-19-8-7-18(14)10-16(17)15-9-12(2)5-6-13(15)3/h5-6,9,14,16H,4,7-8,10-11,17H2,1-3H3. The fourth-order valence-corrected chi connectivity index (χ4v) is 2.82. The SMILES string of the molecule is CCC1COCCN1CC(N)c1cc(C)ccc1C. The number of nitrogens with zero attached hydrogens (tertiary/aromatic N) is 1. The highest BCUT2D eigenvalue weighted by Crippen LogP contribution is 2.20. The first kappa shape index (κ1) is 14.5. The van der Waals surface area contributed by atoms with Gasteiger partial charge in [0, 0.05) is 25.2 Å². The minimum Gasteiger partial charge on any atom is -0.378 e. The summed E-state index contributed by atoms with van der Waals surface area (Å²) in [5.41, 5.74) is 10.3. The van der Waals surface area contributed by atoms with Crippen molar-refractivity contribution in [3.63, 3.8) is 0 Å². The zero-order valence-corrected chi connectivity index (χ0v) is 12.4. The van der Waals surface area contributed by atoms with Gasteiger partial charge in [-0.1, -0.05) is 30.7 Å². The molecular formula is C16H26N2O. The van der Waals surface area contributed by atoms with Crippen LogP contribution in [-0.2, 0) is 4.74 Å². The first-order chi connectivity index (χ1) is 9.11. The number of aryl methyl sites for hydroxylation is 2. The average molecular weight is 262 g/mol. The Hall–Kier alpha value is -0.900. The lowest BCUT2D eigenvalue weighted by atomic mass is 9.98. The van der Waals surface area contributed by atoms with Crippen molar-refractivity contribution in [3.8, 4) is 0 Å². The molecule has 3 heteroatoms. The Balaban J connectivity index is 2.07. The molecule has 0 radical (unpaired) electrons. The fourth-order valence-electron chi connectivity index (χ4n) is 2.82. The molecule has 1 aromatic rings. The molecule has 0 saturated carbocycles. The van der Waals surface area contributed by atoms with E-state index in [0.29, 0.717) is 6.04 Å². The lowest BCUT2D eigenvalue weighted by Crippen LogP contribution is -2.47. The summed E-state index contributed by atoms with van der Waals surface area (Å²) in [4.78, 5) is 2.48. The van der Waals surface area contributed by atoms with Gasteiger partial charge in [-0.15, -0.1) is 0 Å². The van der Waals surface area contributed by atoms with E-state index in [-0.39, 0.29) is 6.04 Å². The molecule has 106 valence electrons. The van der Waals surface area contributed by atoms with Crippen LogP contribution in [0.3, 0.4) is 0 Å². The number of ether oxygens (including phenoxy) is 1. The Morgan fingerprint density at radius 2 is 2.21 bits per heavy atom. The zero-order valence-electron chi connectivity index (χ0n) is 12.4. The monoisotopic (exact) mass is 262 g/mol. The molecular weight excluding hydrogens is 236 g/mol. The minimum absolute atomic E-state index is 0.0899. The molecule has 0 spiro atoms. The van der Waals surface area contributed by atoms with Gasteiger partial charge in [-0.3, -0.25) is 4.90 Å². The van der Waals surface area contributed by atoms with E-state index in [2.05, 4.69) is 43.9 Å². The number of rotatable bonds is 4. The number of morpholine rings is 1. The van der Waals surface area contributed by atoms with Gasteiger partial charge in [0.25, 0.3) is 0 Å². The van der Waals surface area contributed by atoms with Crippen LogP contribution in [0.15, 0.2) is 18.2 Å². The van der Waals surface area contributed by atoms with E-state index in [4.69, 9.17) is 10.5 Å². The van der Waals surface area contributed by atoms with Crippen LogP contribution in [0, 0.1) is 13.8 Å². The molecule has 1 saturated heterocycles. The Labute approximate surface area is 116 Å². The highest BCUT2D eigenvalue weighted by Gasteiger charge is 2.23. The van der Waals surface area contributed by atoms with Gasteiger partial charge < -0.3 is 10.5 Å². The molecule has 0 aliphatic carbocycles. The van der Waals surface area contributed by atoms with E-state index in [1.165, 1.54) is 16.7 Å². The molecule has 1 aromatic carbocycles. The molecule has 1 fully saturated rings. The van der Waals surface area contributed by atoms with Crippen molar-refractivity contribution in [2.24, 2.45) is 5.73 Å². The summed E-state index contributed by atoms with van der Waals surface area (Å²) in [6.45, 7) is 10.1. The normalized spacial score (nSPS) is 22.4. The van der Waals surface area contributed by atoms with Crippen molar-refractivity contribution in [3.05, 3.63) is 34.9 Å². The molecule has 2 atom stereocenters. The molecule has 1 aliphatic rings. The molecule has 0 aromatic heterocycles. The Bertz CT molecular complexity index is 419. The maximum Gasteiger partial charge on any atom is 0.0622 e. The topological polar surface area (TPSA) is 38.5 Å². The Morgan fingerprint density at radius 3 is 2.95 bits per heavy atom. The van der Waals surface area contributed by atoms with Crippen LogP contribution < -0.4 is 5.73 Å². The van der Waals surface area contributed by atoms with E-state index in [0.717, 1.165) is 32.7 Å². The third-order valence-electron chi connectivity index (χ3n) is 4.09. The predicted molar refractivity (Wildman–Crippen MR) is 79.3 cm³/mol. The van der Waals surface area contributed by atoms with Crippen molar-refractivity contribution in [2.45, 2.75) is 39.3 Å². The van der Waals surface area contributed by atoms with E-state index >= 15 is 0 Å². The summed E-state index contributed by atoms with van der Waals surface area (Å²) < 4.78 is 5.55. The molecule has 0 bridgehead atoms. The molecule has 1 heterocycles. The molecule has 19 heavy (non-hydrogen) atoms. The van der Waals surface area contributed by atoms with Gasteiger partial charge in [0.1, 0.15) is 0 Å². The summed E-state index contributed by atoms with van der Waals surface area (Å²) in [5, 5.41) is 0. The Morgan fingerprint density at radius 1 is 1.42 bits per heavy atom. The van der Waals surface area contributed by atoms with Crippen LogP contribution in [0.2, 0.25) is 0 Å². The molecule has 1 aliphatic heterocycles. The molecule has 2 N–H and O–H groups in total. The molecule has 2 unspecified atom stereocenters. The maximum atomic E-state index is 6.43. The van der Waals surface area contributed by atoms with Gasteiger partial charge in [-0.25, -0.2) is 0 Å². The molecule has 3 nitrogen and oxygen atoms in total. The van der Waals surface area contributed by atoms with Crippen LogP contribution in [0.25, 0.3) is 0 Å². The highest BCUT2D eigenvalue weighted by atomic mass is 16.5. The number of benzene rings is 1. The summed E-state index contributed by atoms with van der Waals surface area (Å²) in [6, 6.07) is 7.15. The van der Waals surface area contributed by atoms with Crippen molar-refractivity contribution in [1.29, 1.82) is 0 Å². The third-order valence-corrected chi connectivity index (χ3v) is 4.09. The summed E-state index contributed by atoms with van der Waals surface area (Å²) in [5.74, 6) is 0. The van der Waals surface area contributed by atoms with Crippen LogP contribution in [0.4, 0.5) is 0 Å². The average Bonchev–Trinajstić information content (AvgIpc) is 2.42. The second kappa shape index (κ2) is 6.51. The van der Waals surface area contributed by atoms with Gasteiger partial charge in [0.05, 0.1) is 13.2 Å². The molecule has 2 rings (SSSR count). The zero-order chi connectivity index (χ0) is 13.8. The quantitative estimate of drug-likeness (QED) is 0.905. The second-order valence-corrected chi connectivity index (χ2v) is 5.60. The summed E-state index contributed by atoms with van der Waals surface area (Å²) >= 11 is 0. The molecule has 0 amide bonds. The fraction of sp³-hybridized carbons (Fsp3) is 0.625. The van der Waals surface area contributed by atoms with Crippen LogP contribution in [0.5, 0.6) is 0 Å². The van der Waals surface area contributed by atoms with Crippen LogP contribution >= 0.6 is 0 Å². The third kappa shape index (κ3) is 3.56. The lowest BCUT2D eigenvalue weighted by molar-refractivity contribution is -0.0111. The lowest BCUT2D eigenvalue weighted by Gasteiger charge is -2.36. The van der Waals surface area contributed by atoms with Gasteiger partial charge in [0.15, 0.2) is 0 Å². The van der Waals surface area contributed by atoms with Gasteiger partial charge in [-0.2, -0.15) is 0 Å². The van der Waals surface area contributed by atoms with Crippen molar-refractivity contribution in [1.82, 2.24) is 4.90 Å². The van der Waals surface area contributed by atoms with E-state index < -0.39 is 0 Å². The van der Waals surface area contributed by atoms with Crippen LogP contribution in [-0.4, -0.2) is 37.2 Å². The number of hydrogen-bond donors (Lipinski definition) is 1. The highest BCUT2D eigenvalue weighted by molar-refractivity contribution is 5.33. The Kier molecular flexibility index (Phi) is 4.97. The van der Waals surface area contributed by atoms with Gasteiger partial charge in [-0.05, 0) is 31.4 Å². The largest absolute Gasteiger partial charge is 0.378 e. The van der Waals surface area contributed by atoms with Gasteiger partial charge >= 0.3 is 0 Å². The van der Waals surface area contributed by atoms with Crippen molar-refractivity contribution >= 4 is 0 Å². The van der Waals surface area contributed by atoms with Gasteiger partial charge in [0.2, 0.25) is 0 Å². The van der Waals surface area contributed by atoms with E-state index in [1.807, 2.05) is 0 Å². The van der Waals surface area contributed by atoms with E-state index in [9.17, 15) is 0 Å². The first-order valence-electron chi connectivity index (χ1n) is 7.26. The van der Waals surface area contributed by atoms with Crippen molar-refractivity contribution < 1.29 is 4.74 Å². The first-order valence-corrected chi connectivity index (χ1v) is 7.26. The smallest absolute Gasteiger partial charge is 0.0622 e. The summed E-state index contributed by atoms with van der Waals surface area (Å²) in [6.07, 6.45) is 1.12. The summed E-state index contributed by atoms with van der Waals surface area (Å²) in [7, 11) is 0.